The van der Waals surface area contributed by atoms with Crippen molar-refractivity contribution in [1.82, 2.24) is 4.98 Å². The number of halogens is 3. The molecule has 1 aromatic heterocycles. The van der Waals surface area contributed by atoms with E-state index in [1.165, 1.54) is 30.3 Å². The Balaban J connectivity index is 2.18. The average molecular weight is 397 g/mol. The topological polar surface area (TPSA) is 85.7 Å². The number of aromatic nitrogens is 1. The molecule has 150 valence electrons. The molecule has 2 rings (SSSR count). The second kappa shape index (κ2) is 9.20. The Kier molecular flexibility index (Phi) is 6.97. The van der Waals surface area contributed by atoms with Crippen molar-refractivity contribution in [1.29, 1.82) is 0 Å². The number of pyridine rings is 1. The Morgan fingerprint density at radius 1 is 1.11 bits per heavy atom. The highest BCUT2D eigenvalue weighted by molar-refractivity contribution is 5.98. The van der Waals surface area contributed by atoms with Gasteiger partial charge in [-0.25, -0.2) is 4.98 Å². The molecule has 1 heterocycles. The summed E-state index contributed by atoms with van der Waals surface area (Å²) in [5.74, 6) is -1.88. The standard InChI is InChI=1S/C19H18F3NO5/c1-2-27-17(26)10-9-15(25)18-14(24)8-7-13(23-18)11-12-5-3-4-6-16(12)28-19(20,21)22/h3-8,24H,2,9-11H2,1H3. The molecule has 9 heteroatoms. The maximum Gasteiger partial charge on any atom is 0.573 e. The largest absolute Gasteiger partial charge is 0.573 e. The minimum atomic E-state index is -4.84. The van der Waals surface area contributed by atoms with Crippen molar-refractivity contribution >= 4 is 11.8 Å². The first kappa shape index (κ1) is 21.2. The number of ether oxygens (including phenoxy) is 2. The molecule has 0 unspecified atom stereocenters. The van der Waals surface area contributed by atoms with Crippen molar-refractivity contribution in [2.75, 3.05) is 6.61 Å². The summed E-state index contributed by atoms with van der Waals surface area (Å²) < 4.78 is 46.3. The fourth-order valence-corrected chi connectivity index (χ4v) is 2.43. The van der Waals surface area contributed by atoms with Crippen molar-refractivity contribution in [3.8, 4) is 11.5 Å². The number of hydrogen-bond acceptors (Lipinski definition) is 6. The van der Waals surface area contributed by atoms with Crippen LogP contribution in [0.1, 0.15) is 41.5 Å². The number of esters is 1. The van der Waals surface area contributed by atoms with E-state index in [-0.39, 0.29) is 54.3 Å². The Bertz CT molecular complexity index is 852. The lowest BCUT2D eigenvalue weighted by atomic mass is 10.1. The van der Waals surface area contributed by atoms with E-state index in [0.717, 1.165) is 0 Å². The van der Waals surface area contributed by atoms with Crippen LogP contribution < -0.4 is 4.74 Å². The molecule has 0 saturated carbocycles. The first-order chi connectivity index (χ1) is 13.2. The number of rotatable bonds is 8. The number of para-hydroxylation sites is 1. The molecule has 0 aliphatic heterocycles. The first-order valence-corrected chi connectivity index (χ1v) is 8.41. The molecule has 0 aliphatic carbocycles. The summed E-state index contributed by atoms with van der Waals surface area (Å²) in [6, 6.07) is 8.19. The van der Waals surface area contributed by atoms with E-state index in [0.29, 0.717) is 0 Å². The van der Waals surface area contributed by atoms with E-state index in [2.05, 4.69) is 9.72 Å². The fraction of sp³-hybridized carbons (Fsp3) is 0.316. The second-order valence-electron chi connectivity index (χ2n) is 5.73. The summed E-state index contributed by atoms with van der Waals surface area (Å²) in [6.45, 7) is 1.82. The van der Waals surface area contributed by atoms with E-state index in [4.69, 9.17) is 4.74 Å². The van der Waals surface area contributed by atoms with Crippen molar-refractivity contribution in [3.05, 3.63) is 53.3 Å². The van der Waals surface area contributed by atoms with Crippen LogP contribution in [-0.4, -0.2) is 34.8 Å². The van der Waals surface area contributed by atoms with E-state index in [1.54, 1.807) is 13.0 Å². The van der Waals surface area contributed by atoms with E-state index >= 15 is 0 Å². The molecule has 1 N–H and O–H groups in total. The van der Waals surface area contributed by atoms with Gasteiger partial charge in [-0.15, -0.1) is 13.2 Å². The van der Waals surface area contributed by atoms with E-state index < -0.39 is 18.1 Å². The third kappa shape index (κ3) is 6.26. The minimum absolute atomic E-state index is 0.0509. The third-order valence-electron chi connectivity index (χ3n) is 3.63. The summed E-state index contributed by atoms with van der Waals surface area (Å²) in [4.78, 5) is 27.6. The van der Waals surface area contributed by atoms with Crippen LogP contribution in [0.4, 0.5) is 13.2 Å². The number of nitrogens with zero attached hydrogens (tertiary/aromatic N) is 1. The fourth-order valence-electron chi connectivity index (χ4n) is 2.43. The van der Waals surface area contributed by atoms with Gasteiger partial charge in [0, 0.05) is 24.1 Å². The SMILES string of the molecule is CCOC(=O)CCC(=O)c1nc(Cc2ccccc2OC(F)(F)F)ccc1O. The van der Waals surface area contributed by atoms with Gasteiger partial charge >= 0.3 is 12.3 Å². The Morgan fingerprint density at radius 2 is 1.82 bits per heavy atom. The predicted octanol–water partition coefficient (Wildman–Crippen LogP) is 3.80. The van der Waals surface area contributed by atoms with Crippen molar-refractivity contribution in [3.63, 3.8) is 0 Å². The maximum atomic E-state index is 12.5. The summed E-state index contributed by atoms with van der Waals surface area (Å²) in [5.41, 5.74) is 0.217. The third-order valence-corrected chi connectivity index (χ3v) is 3.63. The van der Waals surface area contributed by atoms with Gasteiger partial charge in [0.2, 0.25) is 0 Å². The molecule has 0 radical (unpaired) electrons. The Labute approximate surface area is 158 Å². The second-order valence-corrected chi connectivity index (χ2v) is 5.73. The molecule has 0 bridgehead atoms. The van der Waals surface area contributed by atoms with Crippen LogP contribution in [-0.2, 0) is 16.0 Å². The van der Waals surface area contributed by atoms with E-state index in [1.807, 2.05) is 0 Å². The zero-order valence-corrected chi connectivity index (χ0v) is 15.0. The van der Waals surface area contributed by atoms with Crippen LogP contribution >= 0.6 is 0 Å². The molecule has 1 aromatic carbocycles. The molecule has 2 aromatic rings. The lowest BCUT2D eigenvalue weighted by molar-refractivity contribution is -0.274. The summed E-state index contributed by atoms with van der Waals surface area (Å²) in [6.07, 6.45) is -5.27. The van der Waals surface area contributed by atoms with Crippen molar-refractivity contribution in [2.24, 2.45) is 0 Å². The van der Waals surface area contributed by atoms with Crippen LogP contribution in [0.15, 0.2) is 36.4 Å². The van der Waals surface area contributed by atoms with Gasteiger partial charge in [-0.05, 0) is 25.1 Å². The van der Waals surface area contributed by atoms with Gasteiger partial charge in [0.05, 0.1) is 13.0 Å². The van der Waals surface area contributed by atoms with Gasteiger partial charge in [0.25, 0.3) is 0 Å². The number of ketones is 1. The molecule has 28 heavy (non-hydrogen) atoms. The lowest BCUT2D eigenvalue weighted by Gasteiger charge is -2.13. The molecule has 6 nitrogen and oxygen atoms in total. The highest BCUT2D eigenvalue weighted by atomic mass is 19.4. The predicted molar refractivity (Wildman–Crippen MR) is 92.0 cm³/mol. The number of carbonyl (C=O) groups is 2. The van der Waals surface area contributed by atoms with Crippen LogP contribution in [0.2, 0.25) is 0 Å². The van der Waals surface area contributed by atoms with Gasteiger partial charge in [-0.1, -0.05) is 18.2 Å². The number of benzene rings is 1. The molecule has 0 fully saturated rings. The smallest absolute Gasteiger partial charge is 0.506 e. The summed E-state index contributed by atoms with van der Waals surface area (Å²) in [7, 11) is 0. The number of aromatic hydroxyl groups is 1. The first-order valence-electron chi connectivity index (χ1n) is 8.41. The highest BCUT2D eigenvalue weighted by Crippen LogP contribution is 2.28. The maximum absolute atomic E-state index is 12.5. The molecule has 0 saturated heterocycles. The van der Waals surface area contributed by atoms with Gasteiger partial charge in [0.1, 0.15) is 17.2 Å². The normalized spacial score (nSPS) is 11.1. The number of carbonyl (C=O) groups excluding carboxylic acids is 2. The quantitative estimate of drug-likeness (QED) is 0.539. The van der Waals surface area contributed by atoms with E-state index in [9.17, 15) is 27.9 Å². The number of hydrogen-bond donors (Lipinski definition) is 1. The van der Waals surface area contributed by atoms with Crippen LogP contribution in [0.3, 0.4) is 0 Å². The number of alkyl halides is 3. The van der Waals surface area contributed by atoms with Crippen LogP contribution in [0.25, 0.3) is 0 Å². The zero-order chi connectivity index (χ0) is 20.7. The van der Waals surface area contributed by atoms with Crippen LogP contribution in [0, 0.1) is 0 Å². The molecule has 0 atom stereocenters. The Morgan fingerprint density at radius 3 is 2.50 bits per heavy atom. The van der Waals surface area contributed by atoms with Gasteiger partial charge in [0.15, 0.2) is 5.78 Å². The molecular formula is C19H18F3NO5. The Hall–Kier alpha value is -3.10. The minimum Gasteiger partial charge on any atom is -0.506 e. The van der Waals surface area contributed by atoms with Gasteiger partial charge in [-0.2, -0.15) is 0 Å². The average Bonchev–Trinajstić information content (AvgIpc) is 2.62. The molecule has 0 spiro atoms. The molecule has 0 aliphatic rings. The summed E-state index contributed by atoms with van der Waals surface area (Å²) >= 11 is 0. The monoisotopic (exact) mass is 397 g/mol. The van der Waals surface area contributed by atoms with Gasteiger partial charge < -0.3 is 14.6 Å². The van der Waals surface area contributed by atoms with Crippen LogP contribution in [0.5, 0.6) is 11.5 Å². The highest BCUT2D eigenvalue weighted by Gasteiger charge is 2.32. The number of Topliss-reactive ketones (excluding diaryl/α,β-unsaturated/α-hetero) is 1. The van der Waals surface area contributed by atoms with Crippen molar-refractivity contribution in [2.45, 2.75) is 32.5 Å². The lowest BCUT2D eigenvalue weighted by Crippen LogP contribution is -2.18. The summed E-state index contributed by atoms with van der Waals surface area (Å²) in [5, 5.41) is 9.87. The molecular weight excluding hydrogens is 379 g/mol. The zero-order valence-electron chi connectivity index (χ0n) is 15.0. The molecule has 0 amide bonds. The van der Waals surface area contributed by atoms with Gasteiger partial charge in [-0.3, -0.25) is 9.59 Å². The van der Waals surface area contributed by atoms with Crippen molar-refractivity contribution < 1.29 is 37.3 Å².